The maximum Gasteiger partial charge on any atom is 0.242 e. The van der Waals surface area contributed by atoms with Crippen molar-refractivity contribution >= 4 is 20.9 Å². The highest BCUT2D eigenvalue weighted by molar-refractivity contribution is 7.89. The Hall–Kier alpha value is -1.41. The van der Waals surface area contributed by atoms with Gasteiger partial charge in [0.2, 0.25) is 10.0 Å². The third-order valence-corrected chi connectivity index (χ3v) is 10.2. The highest BCUT2D eigenvalue weighted by Gasteiger charge is 2.24. The molecule has 1 aromatic heterocycles. The molecule has 1 atom stereocenters. The van der Waals surface area contributed by atoms with Gasteiger partial charge in [0.25, 0.3) is 0 Å². The predicted octanol–water partition coefficient (Wildman–Crippen LogP) is 7.71. The first kappa shape index (κ1) is 33.1. The Balaban J connectivity index is 1.15. The largest absolute Gasteiger partial charge is 0.360 e. The van der Waals surface area contributed by atoms with Gasteiger partial charge >= 0.3 is 0 Å². The molecule has 1 aliphatic rings. The van der Waals surface area contributed by atoms with E-state index in [0.29, 0.717) is 4.90 Å². The molecule has 0 amide bonds. The number of hydrogen-bond acceptors (Lipinski definition) is 4. The molecule has 1 aromatic carbocycles. The second-order valence-electron chi connectivity index (χ2n) is 12.2. The Morgan fingerprint density at radius 3 is 1.82 bits per heavy atom. The normalized spacial score (nSPS) is 16.1. The van der Waals surface area contributed by atoms with Crippen molar-refractivity contribution in [2.45, 2.75) is 128 Å². The summed E-state index contributed by atoms with van der Waals surface area (Å²) in [4.78, 5) is 8.38. The Labute approximate surface area is 245 Å². The van der Waals surface area contributed by atoms with Gasteiger partial charge in [-0.3, -0.25) is 4.90 Å². The van der Waals surface area contributed by atoms with Crippen molar-refractivity contribution in [1.82, 2.24) is 19.5 Å². The fourth-order valence-corrected chi connectivity index (χ4v) is 7.51. The second-order valence-corrected chi connectivity index (χ2v) is 13.8. The van der Waals surface area contributed by atoms with Gasteiger partial charge in [-0.05, 0) is 26.0 Å². The number of H-pyrrole nitrogens is 1. The van der Waals surface area contributed by atoms with Crippen LogP contribution in [-0.4, -0.2) is 68.5 Å². The summed E-state index contributed by atoms with van der Waals surface area (Å²) in [5.41, 5.74) is 0.844. The minimum atomic E-state index is -3.56. The first-order chi connectivity index (χ1) is 19.5. The van der Waals surface area contributed by atoms with Crippen molar-refractivity contribution < 1.29 is 8.42 Å². The molecule has 1 fully saturated rings. The van der Waals surface area contributed by atoms with Crippen LogP contribution in [0.25, 0.3) is 10.9 Å². The third kappa shape index (κ3) is 12.2. The molecule has 1 saturated heterocycles. The Morgan fingerprint density at radius 2 is 1.25 bits per heavy atom. The molecular weight excluding hydrogens is 516 g/mol. The van der Waals surface area contributed by atoms with Crippen molar-refractivity contribution in [3.8, 4) is 0 Å². The van der Waals surface area contributed by atoms with Gasteiger partial charge in [-0.15, -0.1) is 0 Å². The summed E-state index contributed by atoms with van der Waals surface area (Å²) in [5, 5.41) is 0.741. The summed E-state index contributed by atoms with van der Waals surface area (Å²) in [6.07, 6.45) is 24.2. The van der Waals surface area contributed by atoms with Crippen LogP contribution in [0.5, 0.6) is 0 Å². The number of piperazine rings is 1. The number of rotatable bonds is 22. The van der Waals surface area contributed by atoms with Gasteiger partial charge in [-0.2, -0.15) is 0 Å². The number of para-hydroxylation sites is 1. The molecule has 0 saturated carbocycles. The SMILES string of the molecule is CCCCCCCCCCCCCCCCCCN1CCN(C[C@@H](C)NS(=O)(=O)c2c[nH]c3ccccc23)CC1. The quantitative estimate of drug-likeness (QED) is 0.141. The number of fused-ring (bicyclic) bond motifs is 1. The van der Waals surface area contributed by atoms with Crippen molar-refractivity contribution in [2.24, 2.45) is 0 Å². The summed E-state index contributed by atoms with van der Waals surface area (Å²) in [5.74, 6) is 0. The van der Waals surface area contributed by atoms with Gasteiger partial charge < -0.3 is 9.88 Å². The Bertz CT molecular complexity index is 1030. The lowest BCUT2D eigenvalue weighted by molar-refractivity contribution is 0.125. The highest BCUT2D eigenvalue weighted by Crippen LogP contribution is 2.22. The van der Waals surface area contributed by atoms with Gasteiger partial charge in [0.05, 0.1) is 0 Å². The number of sulfonamides is 1. The molecule has 1 aliphatic heterocycles. The number of nitrogens with zero attached hydrogens (tertiary/aromatic N) is 2. The van der Waals surface area contributed by atoms with E-state index in [9.17, 15) is 8.42 Å². The van der Waals surface area contributed by atoms with E-state index < -0.39 is 10.0 Å². The van der Waals surface area contributed by atoms with E-state index in [2.05, 4.69) is 26.4 Å². The van der Waals surface area contributed by atoms with Gasteiger partial charge in [0.15, 0.2) is 0 Å². The van der Waals surface area contributed by atoms with Crippen LogP contribution in [0.4, 0.5) is 0 Å². The summed E-state index contributed by atoms with van der Waals surface area (Å²) < 4.78 is 28.9. The zero-order valence-corrected chi connectivity index (χ0v) is 26.5. The second kappa shape index (κ2) is 18.9. The average Bonchev–Trinajstić information content (AvgIpc) is 3.39. The molecule has 2 N–H and O–H groups in total. The predicted molar refractivity (Wildman–Crippen MR) is 171 cm³/mol. The molecule has 0 bridgehead atoms. The summed E-state index contributed by atoms with van der Waals surface area (Å²) in [6.45, 7) is 10.4. The zero-order chi connectivity index (χ0) is 28.5. The van der Waals surface area contributed by atoms with Crippen LogP contribution in [0.15, 0.2) is 35.4 Å². The molecule has 3 rings (SSSR count). The number of aromatic amines is 1. The van der Waals surface area contributed by atoms with Gasteiger partial charge in [0, 0.05) is 55.9 Å². The summed E-state index contributed by atoms with van der Waals surface area (Å²) in [7, 11) is -3.56. The Morgan fingerprint density at radius 1 is 0.750 bits per heavy atom. The fourth-order valence-electron chi connectivity index (χ4n) is 6.10. The van der Waals surface area contributed by atoms with Crippen LogP contribution in [0.1, 0.15) is 117 Å². The number of unbranched alkanes of at least 4 members (excludes halogenated alkanes) is 15. The molecule has 40 heavy (non-hydrogen) atoms. The van der Waals surface area contributed by atoms with E-state index in [4.69, 9.17) is 0 Å². The van der Waals surface area contributed by atoms with Crippen LogP contribution in [0.3, 0.4) is 0 Å². The highest BCUT2D eigenvalue weighted by atomic mass is 32.2. The van der Waals surface area contributed by atoms with E-state index in [1.807, 2.05) is 31.2 Å². The molecule has 2 heterocycles. The lowest BCUT2D eigenvalue weighted by Crippen LogP contribution is -2.50. The van der Waals surface area contributed by atoms with Gasteiger partial charge in [-0.1, -0.05) is 121 Å². The third-order valence-electron chi connectivity index (χ3n) is 8.52. The standard InChI is InChI=1S/C33H58N4O2S/c1-3-4-5-6-7-8-9-10-11-12-13-14-15-16-17-20-23-36-24-26-37(27-25-36)29-30(2)35-40(38,39)33-28-34-32-22-19-18-21-31(32)33/h18-19,21-22,28,30,34-35H,3-17,20,23-27,29H2,1-2H3/t30-/m1/s1. The number of aromatic nitrogens is 1. The molecule has 7 heteroatoms. The van der Waals surface area contributed by atoms with E-state index in [0.717, 1.165) is 43.6 Å². The average molecular weight is 575 g/mol. The summed E-state index contributed by atoms with van der Waals surface area (Å²) >= 11 is 0. The minimum absolute atomic E-state index is 0.134. The summed E-state index contributed by atoms with van der Waals surface area (Å²) in [6, 6.07) is 7.40. The lowest BCUT2D eigenvalue weighted by atomic mass is 10.0. The molecular formula is C33H58N4O2S. The first-order valence-electron chi connectivity index (χ1n) is 16.5. The first-order valence-corrected chi connectivity index (χ1v) is 18.0. The van der Waals surface area contributed by atoms with Crippen LogP contribution in [0.2, 0.25) is 0 Å². The van der Waals surface area contributed by atoms with Crippen molar-refractivity contribution in [1.29, 1.82) is 0 Å². The van der Waals surface area contributed by atoms with Gasteiger partial charge in [-0.25, -0.2) is 13.1 Å². The van der Waals surface area contributed by atoms with Crippen molar-refractivity contribution in [3.63, 3.8) is 0 Å². The van der Waals surface area contributed by atoms with Crippen LogP contribution in [0, 0.1) is 0 Å². The number of benzene rings is 1. The number of hydrogen-bond donors (Lipinski definition) is 2. The fraction of sp³-hybridized carbons (Fsp3) is 0.758. The van der Waals surface area contributed by atoms with E-state index in [1.165, 1.54) is 109 Å². The Kier molecular flexibility index (Phi) is 15.6. The molecule has 0 spiro atoms. The molecule has 0 aliphatic carbocycles. The van der Waals surface area contributed by atoms with Gasteiger partial charge in [0.1, 0.15) is 4.90 Å². The number of nitrogens with one attached hydrogen (secondary N) is 2. The van der Waals surface area contributed by atoms with E-state index >= 15 is 0 Å². The molecule has 228 valence electrons. The topological polar surface area (TPSA) is 68.4 Å². The van der Waals surface area contributed by atoms with Crippen LogP contribution < -0.4 is 4.72 Å². The molecule has 0 unspecified atom stereocenters. The monoisotopic (exact) mass is 574 g/mol. The van der Waals surface area contributed by atoms with Crippen LogP contribution in [-0.2, 0) is 10.0 Å². The van der Waals surface area contributed by atoms with Crippen LogP contribution >= 0.6 is 0 Å². The smallest absolute Gasteiger partial charge is 0.242 e. The maximum atomic E-state index is 13.0. The maximum absolute atomic E-state index is 13.0. The van der Waals surface area contributed by atoms with E-state index in [1.54, 1.807) is 6.20 Å². The van der Waals surface area contributed by atoms with E-state index in [-0.39, 0.29) is 6.04 Å². The lowest BCUT2D eigenvalue weighted by Gasteiger charge is -2.36. The van der Waals surface area contributed by atoms with Crippen molar-refractivity contribution in [2.75, 3.05) is 39.3 Å². The molecule has 0 radical (unpaired) electrons. The van der Waals surface area contributed by atoms with Crippen molar-refractivity contribution in [3.05, 3.63) is 30.5 Å². The molecule has 6 nitrogen and oxygen atoms in total. The molecule has 2 aromatic rings. The zero-order valence-electron chi connectivity index (χ0n) is 25.6. The minimum Gasteiger partial charge on any atom is -0.360 e.